The van der Waals surface area contributed by atoms with Gasteiger partial charge in [0.05, 0.1) is 0 Å². The molecule has 102 valence electrons. The summed E-state index contributed by atoms with van der Waals surface area (Å²) in [4.78, 5) is 42.4. The number of rotatable bonds is 9. The number of aldehydes is 2. The van der Waals surface area contributed by atoms with Gasteiger partial charge in [-0.2, -0.15) is 0 Å². The van der Waals surface area contributed by atoms with Gasteiger partial charge in [0, 0.05) is 25.9 Å². The fraction of sp³-hybridized carbons (Fsp3) is 0.600. The Balaban J connectivity index is 4.09. The van der Waals surface area contributed by atoms with Gasteiger partial charge in [-0.05, 0) is 0 Å². The third kappa shape index (κ3) is 6.06. The van der Waals surface area contributed by atoms with E-state index in [0.717, 1.165) is 0 Å². The lowest BCUT2D eigenvalue weighted by molar-refractivity contribution is -0.146. The number of hydrogen-bond donors (Lipinski definition) is 4. The van der Waals surface area contributed by atoms with Gasteiger partial charge in [0.1, 0.15) is 12.6 Å². The van der Waals surface area contributed by atoms with Crippen LogP contribution in [0.3, 0.4) is 0 Å². The Morgan fingerprint density at radius 3 is 1.50 bits per heavy atom. The Morgan fingerprint density at radius 2 is 1.22 bits per heavy atom. The number of amides is 2. The molecule has 0 aromatic carbocycles. The molecule has 0 spiro atoms. The predicted octanol–water partition coefficient (Wildman–Crippen LogP) is -2.88. The first-order chi connectivity index (χ1) is 8.54. The highest BCUT2D eigenvalue weighted by Crippen LogP contribution is 1.94. The van der Waals surface area contributed by atoms with Crippen LogP contribution in [0.15, 0.2) is 0 Å². The van der Waals surface area contributed by atoms with Crippen LogP contribution in [-0.2, 0) is 19.2 Å². The van der Waals surface area contributed by atoms with E-state index in [9.17, 15) is 29.4 Å². The quantitative estimate of drug-likeness (QED) is 0.260. The fourth-order valence-electron chi connectivity index (χ4n) is 1.00. The van der Waals surface area contributed by atoms with E-state index in [1.807, 2.05) is 0 Å². The van der Waals surface area contributed by atoms with Crippen LogP contribution in [0.2, 0.25) is 0 Å². The SMILES string of the molecule is O=CCCNC(=O)[C@H](O)[C@@H](O)C(=O)NCCC=O. The maximum atomic E-state index is 11.2. The van der Waals surface area contributed by atoms with Crippen LogP contribution in [-0.4, -0.2) is 59.9 Å². The first-order valence-corrected chi connectivity index (χ1v) is 5.33. The molecule has 0 aromatic rings. The summed E-state index contributed by atoms with van der Waals surface area (Å²) in [6, 6.07) is 0. The van der Waals surface area contributed by atoms with Crippen molar-refractivity contribution in [3.63, 3.8) is 0 Å². The molecule has 0 aliphatic carbocycles. The Bertz CT molecular complexity index is 277. The topological polar surface area (TPSA) is 133 Å². The third-order valence-electron chi connectivity index (χ3n) is 1.96. The number of hydrogen-bond acceptors (Lipinski definition) is 6. The minimum absolute atomic E-state index is 0.0128. The largest absolute Gasteiger partial charge is 0.380 e. The molecule has 0 heterocycles. The number of nitrogens with one attached hydrogen (secondary N) is 2. The Kier molecular flexibility index (Phi) is 8.33. The Morgan fingerprint density at radius 1 is 0.889 bits per heavy atom. The van der Waals surface area contributed by atoms with E-state index < -0.39 is 24.0 Å². The van der Waals surface area contributed by atoms with Crippen LogP contribution in [0.25, 0.3) is 0 Å². The molecule has 0 radical (unpaired) electrons. The van der Waals surface area contributed by atoms with Crippen molar-refractivity contribution in [1.82, 2.24) is 10.6 Å². The predicted molar refractivity (Wildman–Crippen MR) is 59.4 cm³/mol. The molecule has 0 saturated carbocycles. The summed E-state index contributed by atoms with van der Waals surface area (Å²) in [5, 5.41) is 23.0. The van der Waals surface area contributed by atoms with Gasteiger partial charge in [0.15, 0.2) is 12.2 Å². The lowest BCUT2D eigenvalue weighted by Gasteiger charge is -2.16. The highest BCUT2D eigenvalue weighted by Gasteiger charge is 2.29. The Hall–Kier alpha value is -1.80. The van der Waals surface area contributed by atoms with Gasteiger partial charge < -0.3 is 30.4 Å². The molecule has 0 rings (SSSR count). The summed E-state index contributed by atoms with van der Waals surface area (Å²) in [6.45, 7) is 0.0255. The van der Waals surface area contributed by atoms with Crippen LogP contribution in [0.5, 0.6) is 0 Å². The molecule has 4 N–H and O–H groups in total. The molecule has 0 fully saturated rings. The van der Waals surface area contributed by atoms with Gasteiger partial charge in [-0.15, -0.1) is 0 Å². The van der Waals surface area contributed by atoms with E-state index in [4.69, 9.17) is 0 Å². The van der Waals surface area contributed by atoms with Crippen LogP contribution < -0.4 is 10.6 Å². The number of aliphatic hydroxyl groups excluding tert-OH is 2. The van der Waals surface area contributed by atoms with Crippen molar-refractivity contribution in [2.24, 2.45) is 0 Å². The van der Waals surface area contributed by atoms with Crippen molar-refractivity contribution in [2.45, 2.75) is 25.0 Å². The summed E-state index contributed by atoms with van der Waals surface area (Å²) in [7, 11) is 0. The van der Waals surface area contributed by atoms with Gasteiger partial charge in [0.25, 0.3) is 11.8 Å². The summed E-state index contributed by atoms with van der Waals surface area (Å²) in [5.41, 5.74) is 0. The van der Waals surface area contributed by atoms with E-state index in [2.05, 4.69) is 10.6 Å². The molecule has 2 atom stereocenters. The molecule has 0 aliphatic rings. The molecule has 0 unspecified atom stereocenters. The summed E-state index contributed by atoms with van der Waals surface area (Å²) < 4.78 is 0. The highest BCUT2D eigenvalue weighted by molar-refractivity contribution is 5.90. The lowest BCUT2D eigenvalue weighted by Crippen LogP contribution is -2.49. The normalized spacial score (nSPS) is 13.2. The minimum atomic E-state index is -1.92. The molecule has 8 heteroatoms. The van der Waals surface area contributed by atoms with Crippen molar-refractivity contribution < 1.29 is 29.4 Å². The second kappa shape index (κ2) is 9.25. The van der Waals surface area contributed by atoms with E-state index in [-0.39, 0.29) is 25.9 Å². The monoisotopic (exact) mass is 260 g/mol. The van der Waals surface area contributed by atoms with Crippen molar-refractivity contribution in [2.75, 3.05) is 13.1 Å². The van der Waals surface area contributed by atoms with Crippen molar-refractivity contribution in [3.05, 3.63) is 0 Å². The zero-order chi connectivity index (χ0) is 14.0. The number of carbonyl (C=O) groups excluding carboxylic acids is 4. The second-order valence-electron chi connectivity index (χ2n) is 3.38. The fourth-order valence-corrected chi connectivity index (χ4v) is 1.00. The molecule has 2 amide bonds. The standard InChI is InChI=1S/C10H16N2O6/c13-5-1-3-11-9(17)7(15)8(16)10(18)12-4-2-6-14/h5-8,15-16H,1-4H2,(H,11,17)(H,12,18)/t7-,8-/m1/s1. The van der Waals surface area contributed by atoms with Crippen molar-refractivity contribution in [1.29, 1.82) is 0 Å². The lowest BCUT2D eigenvalue weighted by atomic mass is 10.1. The van der Waals surface area contributed by atoms with Gasteiger partial charge >= 0.3 is 0 Å². The van der Waals surface area contributed by atoms with Gasteiger partial charge in [0.2, 0.25) is 0 Å². The van der Waals surface area contributed by atoms with E-state index >= 15 is 0 Å². The molecule has 0 aromatic heterocycles. The first kappa shape index (κ1) is 16.2. The Labute approximate surface area is 103 Å². The molecule has 18 heavy (non-hydrogen) atoms. The molecule has 8 nitrogen and oxygen atoms in total. The smallest absolute Gasteiger partial charge is 0.252 e. The van der Waals surface area contributed by atoms with Crippen LogP contribution in [0.1, 0.15) is 12.8 Å². The molecule has 0 saturated heterocycles. The number of carbonyl (C=O) groups is 4. The van der Waals surface area contributed by atoms with Gasteiger partial charge in [-0.3, -0.25) is 9.59 Å². The number of aliphatic hydroxyl groups is 2. The van der Waals surface area contributed by atoms with Crippen LogP contribution >= 0.6 is 0 Å². The van der Waals surface area contributed by atoms with Gasteiger partial charge in [-0.1, -0.05) is 0 Å². The van der Waals surface area contributed by atoms with E-state index in [0.29, 0.717) is 12.6 Å². The maximum absolute atomic E-state index is 11.2. The van der Waals surface area contributed by atoms with E-state index in [1.165, 1.54) is 0 Å². The molecular formula is C10H16N2O6. The zero-order valence-electron chi connectivity index (χ0n) is 9.67. The molecular weight excluding hydrogens is 244 g/mol. The molecule has 0 bridgehead atoms. The van der Waals surface area contributed by atoms with E-state index in [1.54, 1.807) is 0 Å². The highest BCUT2D eigenvalue weighted by atomic mass is 16.3. The summed E-state index contributed by atoms with van der Waals surface area (Å²) >= 11 is 0. The third-order valence-corrected chi connectivity index (χ3v) is 1.96. The van der Waals surface area contributed by atoms with Gasteiger partial charge in [-0.25, -0.2) is 0 Å². The van der Waals surface area contributed by atoms with Crippen LogP contribution in [0.4, 0.5) is 0 Å². The zero-order valence-corrected chi connectivity index (χ0v) is 9.67. The first-order valence-electron chi connectivity index (χ1n) is 5.33. The summed E-state index contributed by atoms with van der Waals surface area (Å²) in [5.74, 6) is -1.90. The maximum Gasteiger partial charge on any atom is 0.252 e. The molecule has 0 aliphatic heterocycles. The second-order valence-corrected chi connectivity index (χ2v) is 3.38. The summed E-state index contributed by atoms with van der Waals surface area (Å²) in [6.07, 6.45) is -2.55. The average Bonchev–Trinajstić information content (AvgIpc) is 2.37. The van der Waals surface area contributed by atoms with Crippen molar-refractivity contribution >= 4 is 24.4 Å². The minimum Gasteiger partial charge on any atom is -0.380 e. The van der Waals surface area contributed by atoms with Crippen LogP contribution in [0, 0.1) is 0 Å². The van der Waals surface area contributed by atoms with Crippen molar-refractivity contribution in [3.8, 4) is 0 Å². The average molecular weight is 260 g/mol.